The second-order valence-electron chi connectivity index (χ2n) is 4.75. The molecule has 2 aromatic carbocycles. The van der Waals surface area contributed by atoms with E-state index in [1.165, 1.54) is 0 Å². The zero-order chi connectivity index (χ0) is 11.6. The number of aliphatic hydroxyl groups is 2. The lowest BCUT2D eigenvalue weighted by atomic mass is 9.84. The first-order valence-electron chi connectivity index (χ1n) is 5.80. The van der Waals surface area contributed by atoms with Crippen molar-refractivity contribution < 1.29 is 14.9 Å². The molecule has 17 heavy (non-hydrogen) atoms. The molecule has 3 nitrogen and oxygen atoms in total. The Hall–Kier alpha value is -1.42. The fourth-order valence-corrected chi connectivity index (χ4v) is 2.87. The van der Waals surface area contributed by atoms with Crippen LogP contribution in [0.15, 0.2) is 36.4 Å². The summed E-state index contributed by atoms with van der Waals surface area (Å²) in [5.41, 5.74) is 1.85. The van der Waals surface area contributed by atoms with Crippen molar-refractivity contribution in [1.29, 1.82) is 0 Å². The van der Waals surface area contributed by atoms with Crippen LogP contribution >= 0.6 is 0 Å². The van der Waals surface area contributed by atoms with Crippen molar-refractivity contribution in [3.05, 3.63) is 47.5 Å². The smallest absolute Gasteiger partial charge is 0.118 e. The van der Waals surface area contributed by atoms with Crippen LogP contribution in [-0.4, -0.2) is 22.4 Å². The summed E-state index contributed by atoms with van der Waals surface area (Å²) in [6, 6.07) is 11.9. The van der Waals surface area contributed by atoms with Crippen LogP contribution in [0.1, 0.15) is 23.3 Å². The van der Waals surface area contributed by atoms with Gasteiger partial charge in [0, 0.05) is 0 Å². The van der Waals surface area contributed by atoms with E-state index in [1.807, 2.05) is 36.4 Å². The Balaban J connectivity index is 2.05. The lowest BCUT2D eigenvalue weighted by Crippen LogP contribution is -2.29. The van der Waals surface area contributed by atoms with E-state index in [-0.39, 0.29) is 12.2 Å². The predicted molar refractivity (Wildman–Crippen MR) is 62.5 cm³/mol. The van der Waals surface area contributed by atoms with Gasteiger partial charge in [0.2, 0.25) is 0 Å². The van der Waals surface area contributed by atoms with Crippen LogP contribution in [0.3, 0.4) is 0 Å². The van der Waals surface area contributed by atoms with Crippen LogP contribution in [0.4, 0.5) is 0 Å². The molecule has 0 radical (unpaired) electrons. The highest BCUT2D eigenvalue weighted by atomic mass is 16.6. The van der Waals surface area contributed by atoms with Crippen LogP contribution in [0.25, 0.3) is 10.8 Å². The first-order valence-corrected chi connectivity index (χ1v) is 5.80. The third-order valence-corrected chi connectivity index (χ3v) is 3.79. The molecule has 2 aliphatic rings. The second-order valence-corrected chi connectivity index (χ2v) is 4.75. The average molecular weight is 228 g/mol. The molecular weight excluding hydrogens is 216 g/mol. The molecule has 0 unspecified atom stereocenters. The maximum absolute atomic E-state index is 10.1. The molecule has 86 valence electrons. The Labute approximate surface area is 98.3 Å². The molecule has 0 bridgehead atoms. The molecule has 4 rings (SSSR count). The van der Waals surface area contributed by atoms with Gasteiger partial charge in [-0.3, -0.25) is 0 Å². The molecule has 1 saturated heterocycles. The normalized spacial score (nSPS) is 34.2. The van der Waals surface area contributed by atoms with Crippen LogP contribution in [0.5, 0.6) is 0 Å². The minimum absolute atomic E-state index is 0.0468. The summed E-state index contributed by atoms with van der Waals surface area (Å²) >= 11 is 0. The van der Waals surface area contributed by atoms with Gasteiger partial charge in [0.05, 0.1) is 0 Å². The molecular formula is C14H12O3. The van der Waals surface area contributed by atoms with E-state index in [9.17, 15) is 10.2 Å². The van der Waals surface area contributed by atoms with Gasteiger partial charge >= 0.3 is 0 Å². The lowest BCUT2D eigenvalue weighted by Gasteiger charge is -2.24. The van der Waals surface area contributed by atoms with Crippen molar-refractivity contribution in [2.45, 2.75) is 24.4 Å². The molecule has 2 N–H and O–H groups in total. The molecule has 0 spiro atoms. The number of hydrogen-bond donors (Lipinski definition) is 2. The van der Waals surface area contributed by atoms with Crippen LogP contribution in [0.2, 0.25) is 0 Å². The van der Waals surface area contributed by atoms with Gasteiger partial charge in [0.25, 0.3) is 0 Å². The molecule has 1 aliphatic carbocycles. The Morgan fingerprint density at radius 3 is 2.71 bits per heavy atom. The van der Waals surface area contributed by atoms with Gasteiger partial charge in [0.1, 0.15) is 24.4 Å². The van der Waals surface area contributed by atoms with E-state index < -0.39 is 12.2 Å². The minimum atomic E-state index is -0.835. The third-order valence-electron chi connectivity index (χ3n) is 3.79. The topological polar surface area (TPSA) is 53.0 Å². The molecule has 1 heterocycles. The van der Waals surface area contributed by atoms with Crippen molar-refractivity contribution in [1.82, 2.24) is 0 Å². The predicted octanol–water partition coefficient (Wildman–Crippen LogP) is 1.69. The van der Waals surface area contributed by atoms with Gasteiger partial charge in [-0.05, 0) is 21.9 Å². The van der Waals surface area contributed by atoms with E-state index in [2.05, 4.69) is 0 Å². The first-order chi connectivity index (χ1) is 8.27. The summed E-state index contributed by atoms with van der Waals surface area (Å²) < 4.78 is 5.49. The summed E-state index contributed by atoms with van der Waals surface area (Å²) in [5, 5.41) is 22.1. The molecule has 2 aromatic rings. The van der Waals surface area contributed by atoms with Gasteiger partial charge in [-0.25, -0.2) is 0 Å². The maximum atomic E-state index is 10.1. The van der Waals surface area contributed by atoms with Crippen LogP contribution < -0.4 is 0 Å². The van der Waals surface area contributed by atoms with E-state index in [0.29, 0.717) is 0 Å². The number of ether oxygens (including phenoxy) is 1. The van der Waals surface area contributed by atoms with Crippen molar-refractivity contribution in [3.8, 4) is 0 Å². The highest BCUT2D eigenvalue weighted by Gasteiger charge is 2.54. The Morgan fingerprint density at radius 1 is 1.00 bits per heavy atom. The van der Waals surface area contributed by atoms with Crippen molar-refractivity contribution in [2.75, 3.05) is 0 Å². The van der Waals surface area contributed by atoms with E-state index in [1.54, 1.807) is 0 Å². The van der Waals surface area contributed by atoms with Gasteiger partial charge in [-0.15, -0.1) is 0 Å². The quantitative estimate of drug-likeness (QED) is 0.675. The number of epoxide rings is 1. The average Bonchev–Trinajstić information content (AvgIpc) is 3.15. The van der Waals surface area contributed by atoms with Crippen LogP contribution in [-0.2, 0) is 4.74 Å². The number of benzene rings is 2. The number of rotatable bonds is 0. The lowest BCUT2D eigenvalue weighted by molar-refractivity contribution is 0.000105. The van der Waals surface area contributed by atoms with Crippen LogP contribution in [0, 0.1) is 0 Å². The minimum Gasteiger partial charge on any atom is -0.387 e. The Morgan fingerprint density at radius 2 is 1.82 bits per heavy atom. The maximum Gasteiger partial charge on any atom is 0.118 e. The van der Waals surface area contributed by atoms with Gasteiger partial charge in [-0.2, -0.15) is 0 Å². The number of fused-ring (bicyclic) bond motifs is 5. The second kappa shape index (κ2) is 3.07. The van der Waals surface area contributed by atoms with Crippen molar-refractivity contribution >= 4 is 10.8 Å². The summed E-state index contributed by atoms with van der Waals surface area (Å²) in [6.45, 7) is 0. The fraction of sp³-hybridized carbons (Fsp3) is 0.286. The van der Waals surface area contributed by atoms with E-state index in [4.69, 9.17) is 4.74 Å². The zero-order valence-electron chi connectivity index (χ0n) is 9.08. The molecule has 0 aromatic heterocycles. The molecule has 3 heteroatoms. The standard InChI is InChI=1S/C14H12O3/c15-11-9-6-5-7-3-1-2-4-8(7)10(9)13-14(17-13)12(11)16/h1-6,11-16H/t11-,12+,13+,14-/m1/s1. The summed E-state index contributed by atoms with van der Waals surface area (Å²) in [5.74, 6) is 0. The highest BCUT2D eigenvalue weighted by molar-refractivity contribution is 5.88. The fourth-order valence-electron chi connectivity index (χ4n) is 2.87. The first kappa shape index (κ1) is 9.59. The SMILES string of the molecule is O[C@@H]1[C@H]2O[C@H]2c2c(ccc3ccccc23)[C@H]1O. The molecule has 0 saturated carbocycles. The molecule has 1 fully saturated rings. The van der Waals surface area contributed by atoms with Crippen molar-refractivity contribution in [2.24, 2.45) is 0 Å². The van der Waals surface area contributed by atoms with Crippen molar-refractivity contribution in [3.63, 3.8) is 0 Å². The Bertz CT molecular complexity index is 607. The van der Waals surface area contributed by atoms with E-state index in [0.717, 1.165) is 21.9 Å². The van der Waals surface area contributed by atoms with Gasteiger partial charge < -0.3 is 14.9 Å². The summed E-state index contributed by atoms with van der Waals surface area (Å²) in [7, 11) is 0. The van der Waals surface area contributed by atoms with Gasteiger partial charge in [-0.1, -0.05) is 36.4 Å². The number of aliphatic hydroxyl groups excluding tert-OH is 2. The number of hydrogen-bond acceptors (Lipinski definition) is 3. The van der Waals surface area contributed by atoms with E-state index >= 15 is 0 Å². The summed E-state index contributed by atoms with van der Waals surface area (Å²) in [4.78, 5) is 0. The molecule has 1 aliphatic heterocycles. The van der Waals surface area contributed by atoms with Gasteiger partial charge in [0.15, 0.2) is 0 Å². The third kappa shape index (κ3) is 1.16. The Kier molecular flexibility index (Phi) is 1.73. The molecule has 4 atom stereocenters. The zero-order valence-corrected chi connectivity index (χ0v) is 9.08. The summed E-state index contributed by atoms with van der Waals surface area (Å²) in [6.07, 6.45) is -1.91. The highest BCUT2D eigenvalue weighted by Crippen LogP contribution is 2.52. The largest absolute Gasteiger partial charge is 0.387 e. The molecule has 0 amide bonds. The monoisotopic (exact) mass is 228 g/mol.